The van der Waals surface area contributed by atoms with Gasteiger partial charge in [0.25, 0.3) is 0 Å². The Bertz CT molecular complexity index is 461. The Morgan fingerprint density at radius 3 is 2.42 bits per heavy atom. The summed E-state index contributed by atoms with van der Waals surface area (Å²) < 4.78 is 8.66. The zero-order chi connectivity index (χ0) is 14.3. The Kier molecular flexibility index (Phi) is 4.38. The summed E-state index contributed by atoms with van der Waals surface area (Å²) in [5, 5.41) is 14.9. The summed E-state index contributed by atoms with van der Waals surface area (Å²) in [6, 6.07) is 0. The fourth-order valence-electron chi connectivity index (χ4n) is 3.19. The first-order chi connectivity index (χ1) is 8.82. The van der Waals surface area contributed by atoms with Crippen LogP contribution in [0.5, 0.6) is 0 Å². The van der Waals surface area contributed by atoms with Gasteiger partial charge in [0.05, 0.1) is 34.2 Å². The van der Waals surface area contributed by atoms with Crippen molar-refractivity contribution in [2.24, 2.45) is 18.9 Å². The van der Waals surface area contributed by atoms with Gasteiger partial charge >= 0.3 is 0 Å². The molecular weight excluding hydrogens is 308 g/mol. The third-order valence-corrected chi connectivity index (χ3v) is 5.46. The number of aromatic nitrogens is 2. The number of aryl methyl sites for hydroxylation is 2. The molecule has 108 valence electrons. The molecule has 0 spiro atoms. The topological polar surface area (TPSA) is 47.3 Å². The van der Waals surface area contributed by atoms with E-state index in [2.05, 4.69) is 41.8 Å². The van der Waals surface area contributed by atoms with Gasteiger partial charge in [-0.1, -0.05) is 6.92 Å². The third kappa shape index (κ3) is 2.73. The predicted molar refractivity (Wildman–Crippen MR) is 78.0 cm³/mol. The van der Waals surface area contributed by atoms with E-state index in [1.165, 1.54) is 0 Å². The molecule has 5 heteroatoms. The number of halogens is 1. The fraction of sp³-hybridized carbons (Fsp3) is 0.786. The second-order valence-corrected chi connectivity index (χ2v) is 6.52. The third-order valence-electron chi connectivity index (χ3n) is 4.43. The van der Waals surface area contributed by atoms with Crippen LogP contribution in [0.4, 0.5) is 0 Å². The van der Waals surface area contributed by atoms with Crippen molar-refractivity contribution in [3.63, 3.8) is 0 Å². The number of aliphatic hydroxyl groups excluding tert-OH is 1. The lowest BCUT2D eigenvalue weighted by Crippen LogP contribution is -2.33. The van der Waals surface area contributed by atoms with Crippen molar-refractivity contribution in [3.05, 3.63) is 15.9 Å². The summed E-state index contributed by atoms with van der Waals surface area (Å²) in [4.78, 5) is 0. The summed E-state index contributed by atoms with van der Waals surface area (Å²) in [5.74, 6) is 0.551. The standard InChI is InChI=1S/C14H23BrN2O2/c1-7-9(3)19-10(4)13(7)12(18)6-11-14(15)8(2)16-17(11)5/h7,9-10,12-13,18H,6H2,1-5H3. The molecule has 1 aliphatic rings. The van der Waals surface area contributed by atoms with Crippen molar-refractivity contribution in [3.8, 4) is 0 Å². The molecule has 0 aliphatic carbocycles. The monoisotopic (exact) mass is 330 g/mol. The summed E-state index contributed by atoms with van der Waals surface area (Å²) >= 11 is 3.55. The van der Waals surface area contributed by atoms with Gasteiger partial charge in [0.2, 0.25) is 0 Å². The van der Waals surface area contributed by atoms with Crippen molar-refractivity contribution in [2.75, 3.05) is 0 Å². The van der Waals surface area contributed by atoms with Crippen LogP contribution in [-0.2, 0) is 18.2 Å². The second kappa shape index (κ2) is 5.54. The van der Waals surface area contributed by atoms with Gasteiger partial charge in [-0.3, -0.25) is 4.68 Å². The lowest BCUT2D eigenvalue weighted by molar-refractivity contribution is 0.0234. The average molecular weight is 331 g/mol. The lowest BCUT2D eigenvalue weighted by atomic mass is 9.83. The molecule has 0 radical (unpaired) electrons. The van der Waals surface area contributed by atoms with Crippen molar-refractivity contribution in [2.45, 2.75) is 52.4 Å². The molecule has 1 fully saturated rings. The van der Waals surface area contributed by atoms with Crippen LogP contribution in [0.1, 0.15) is 32.2 Å². The van der Waals surface area contributed by atoms with E-state index >= 15 is 0 Å². The molecule has 2 rings (SSSR count). The Morgan fingerprint density at radius 1 is 1.37 bits per heavy atom. The van der Waals surface area contributed by atoms with Crippen molar-refractivity contribution in [1.82, 2.24) is 9.78 Å². The van der Waals surface area contributed by atoms with Gasteiger partial charge in [-0.2, -0.15) is 5.10 Å². The maximum absolute atomic E-state index is 10.6. The van der Waals surface area contributed by atoms with Gasteiger partial charge in [-0.15, -0.1) is 0 Å². The zero-order valence-electron chi connectivity index (χ0n) is 12.2. The molecule has 0 saturated carbocycles. The number of hydrogen-bond acceptors (Lipinski definition) is 3. The van der Waals surface area contributed by atoms with Crippen LogP contribution in [0.3, 0.4) is 0 Å². The number of ether oxygens (including phenoxy) is 1. The summed E-state index contributed by atoms with van der Waals surface area (Å²) in [7, 11) is 1.92. The molecule has 1 aromatic rings. The number of aliphatic hydroxyl groups is 1. The van der Waals surface area contributed by atoms with E-state index in [-0.39, 0.29) is 18.1 Å². The molecule has 4 nitrogen and oxygen atoms in total. The maximum Gasteiger partial charge on any atom is 0.0738 e. The Morgan fingerprint density at radius 2 is 2.00 bits per heavy atom. The first-order valence-corrected chi connectivity index (χ1v) is 7.63. The highest BCUT2D eigenvalue weighted by Gasteiger charge is 2.41. The van der Waals surface area contributed by atoms with Crippen LogP contribution >= 0.6 is 15.9 Å². The highest BCUT2D eigenvalue weighted by molar-refractivity contribution is 9.10. The van der Waals surface area contributed by atoms with Crippen LogP contribution < -0.4 is 0 Å². The molecule has 0 aromatic carbocycles. The number of hydrogen-bond donors (Lipinski definition) is 1. The fourth-order valence-corrected chi connectivity index (χ4v) is 3.69. The van der Waals surface area contributed by atoms with Gasteiger partial charge in [0, 0.05) is 19.4 Å². The molecule has 1 saturated heterocycles. The van der Waals surface area contributed by atoms with E-state index in [0.29, 0.717) is 12.3 Å². The normalized spacial score (nSPS) is 32.8. The minimum absolute atomic E-state index is 0.105. The quantitative estimate of drug-likeness (QED) is 0.926. The van der Waals surface area contributed by atoms with Crippen LogP contribution in [0, 0.1) is 18.8 Å². The summed E-state index contributed by atoms with van der Waals surface area (Å²) in [5.41, 5.74) is 2.01. The lowest BCUT2D eigenvalue weighted by Gasteiger charge is -2.24. The molecule has 0 bridgehead atoms. The SMILES string of the molecule is Cc1nn(C)c(CC(O)C2C(C)OC(C)C2C)c1Br. The zero-order valence-corrected chi connectivity index (χ0v) is 13.8. The molecule has 5 unspecified atom stereocenters. The minimum atomic E-state index is -0.402. The molecule has 1 aromatic heterocycles. The van der Waals surface area contributed by atoms with Gasteiger partial charge in [-0.25, -0.2) is 0 Å². The Hall–Kier alpha value is -0.390. The van der Waals surface area contributed by atoms with Crippen LogP contribution in [0.2, 0.25) is 0 Å². The van der Waals surface area contributed by atoms with Gasteiger partial charge in [-0.05, 0) is 42.6 Å². The molecule has 2 heterocycles. The van der Waals surface area contributed by atoms with E-state index in [0.717, 1.165) is 15.9 Å². The molecular formula is C14H23BrN2O2. The van der Waals surface area contributed by atoms with Crippen molar-refractivity contribution in [1.29, 1.82) is 0 Å². The molecule has 1 N–H and O–H groups in total. The van der Waals surface area contributed by atoms with Gasteiger partial charge < -0.3 is 9.84 Å². The highest BCUT2D eigenvalue weighted by Crippen LogP contribution is 2.36. The molecule has 0 amide bonds. The smallest absolute Gasteiger partial charge is 0.0738 e. The summed E-state index contributed by atoms with van der Waals surface area (Å²) in [6.45, 7) is 8.26. The predicted octanol–water partition coefficient (Wildman–Crippen LogP) is 2.45. The van der Waals surface area contributed by atoms with E-state index in [4.69, 9.17) is 4.74 Å². The highest BCUT2D eigenvalue weighted by atomic mass is 79.9. The van der Waals surface area contributed by atoms with Crippen molar-refractivity contribution < 1.29 is 9.84 Å². The van der Waals surface area contributed by atoms with Crippen LogP contribution in [-0.4, -0.2) is 33.2 Å². The first kappa shape index (κ1) is 15.0. The van der Waals surface area contributed by atoms with E-state index in [1.807, 2.05) is 18.7 Å². The minimum Gasteiger partial charge on any atom is -0.392 e. The van der Waals surface area contributed by atoms with E-state index < -0.39 is 6.10 Å². The van der Waals surface area contributed by atoms with Crippen LogP contribution in [0.15, 0.2) is 4.47 Å². The Balaban J connectivity index is 2.15. The number of rotatable bonds is 3. The maximum atomic E-state index is 10.6. The summed E-state index contributed by atoms with van der Waals surface area (Å²) in [6.07, 6.45) is 0.522. The second-order valence-electron chi connectivity index (χ2n) is 5.72. The molecule has 19 heavy (non-hydrogen) atoms. The molecule has 1 aliphatic heterocycles. The van der Waals surface area contributed by atoms with E-state index in [1.54, 1.807) is 0 Å². The van der Waals surface area contributed by atoms with E-state index in [9.17, 15) is 5.11 Å². The van der Waals surface area contributed by atoms with Gasteiger partial charge in [0.15, 0.2) is 0 Å². The Labute approximate surface area is 123 Å². The average Bonchev–Trinajstić information content (AvgIpc) is 2.70. The van der Waals surface area contributed by atoms with Gasteiger partial charge in [0.1, 0.15) is 0 Å². The largest absolute Gasteiger partial charge is 0.392 e. The number of nitrogens with zero attached hydrogens (tertiary/aromatic N) is 2. The first-order valence-electron chi connectivity index (χ1n) is 6.84. The van der Waals surface area contributed by atoms with Crippen LogP contribution in [0.25, 0.3) is 0 Å². The molecule has 5 atom stereocenters. The van der Waals surface area contributed by atoms with Crippen molar-refractivity contribution >= 4 is 15.9 Å².